The van der Waals surface area contributed by atoms with E-state index in [1.165, 1.54) is 0 Å². The van der Waals surface area contributed by atoms with Gasteiger partial charge in [-0.25, -0.2) is 0 Å². The lowest BCUT2D eigenvalue weighted by atomic mass is 10.2. The van der Waals surface area contributed by atoms with Crippen LogP contribution < -0.4 is 10.2 Å². The molecule has 19 heavy (non-hydrogen) atoms. The molecular formula is C15H14N2OS. The van der Waals surface area contributed by atoms with Crippen LogP contribution in [-0.4, -0.2) is 17.2 Å². The van der Waals surface area contributed by atoms with Crippen LogP contribution in [0.15, 0.2) is 60.7 Å². The molecule has 0 bridgehead atoms. The highest BCUT2D eigenvalue weighted by atomic mass is 32.2. The van der Waals surface area contributed by atoms with Crippen molar-refractivity contribution in [1.82, 2.24) is 5.32 Å². The molecule has 0 aromatic heterocycles. The zero-order valence-corrected chi connectivity index (χ0v) is 11.1. The molecule has 2 aromatic rings. The second-order valence-corrected chi connectivity index (χ2v) is 5.34. The van der Waals surface area contributed by atoms with E-state index < -0.39 is 0 Å². The number of rotatable bonds is 3. The van der Waals surface area contributed by atoms with Gasteiger partial charge >= 0.3 is 0 Å². The Morgan fingerprint density at radius 1 is 0.947 bits per heavy atom. The molecule has 4 heteroatoms. The quantitative estimate of drug-likeness (QED) is 0.930. The molecule has 1 atom stereocenters. The SMILES string of the molecule is O=C1CSC(N(c2ccccc2)c2ccccc2)N1. The van der Waals surface area contributed by atoms with E-state index in [0.29, 0.717) is 5.75 Å². The lowest BCUT2D eigenvalue weighted by molar-refractivity contribution is -0.118. The maximum Gasteiger partial charge on any atom is 0.232 e. The van der Waals surface area contributed by atoms with E-state index in [-0.39, 0.29) is 11.4 Å². The van der Waals surface area contributed by atoms with Gasteiger partial charge in [0.25, 0.3) is 0 Å². The minimum atomic E-state index is -0.0442. The van der Waals surface area contributed by atoms with Gasteiger partial charge < -0.3 is 10.2 Å². The Bertz CT molecular complexity index is 519. The molecule has 3 rings (SSSR count). The Labute approximate surface area is 116 Å². The second kappa shape index (κ2) is 5.36. The monoisotopic (exact) mass is 270 g/mol. The maximum atomic E-state index is 11.5. The van der Waals surface area contributed by atoms with Gasteiger partial charge in [-0.2, -0.15) is 0 Å². The van der Waals surface area contributed by atoms with Crippen molar-refractivity contribution in [3.05, 3.63) is 60.7 Å². The Kier molecular flexibility index (Phi) is 3.42. The van der Waals surface area contributed by atoms with E-state index >= 15 is 0 Å². The summed E-state index contributed by atoms with van der Waals surface area (Å²) in [5.74, 6) is 0.604. The first-order valence-corrected chi connectivity index (χ1v) is 7.20. The molecule has 0 aliphatic carbocycles. The topological polar surface area (TPSA) is 32.3 Å². The molecular weight excluding hydrogens is 256 g/mol. The fourth-order valence-electron chi connectivity index (χ4n) is 2.11. The number of carbonyl (C=O) groups excluding carboxylic acids is 1. The van der Waals surface area contributed by atoms with Crippen LogP contribution in [0.1, 0.15) is 0 Å². The summed E-state index contributed by atoms with van der Waals surface area (Å²) >= 11 is 1.61. The largest absolute Gasteiger partial charge is 0.326 e. The number of anilines is 2. The summed E-state index contributed by atoms with van der Waals surface area (Å²) < 4.78 is 0. The van der Waals surface area contributed by atoms with Crippen molar-refractivity contribution in [2.24, 2.45) is 0 Å². The van der Waals surface area contributed by atoms with Gasteiger partial charge in [0.1, 0.15) is 0 Å². The standard InChI is InChI=1S/C15H14N2OS/c18-14-11-19-15(16-14)17(12-7-3-1-4-8-12)13-9-5-2-6-10-13/h1-10,15H,11H2,(H,16,18). The molecule has 0 spiro atoms. The summed E-state index contributed by atoms with van der Waals surface area (Å²) in [5.41, 5.74) is 2.11. The van der Waals surface area contributed by atoms with Gasteiger partial charge in [0.2, 0.25) is 5.91 Å². The van der Waals surface area contributed by atoms with Gasteiger partial charge in [-0.1, -0.05) is 36.4 Å². The summed E-state index contributed by atoms with van der Waals surface area (Å²) in [6.07, 6.45) is 0. The molecule has 1 heterocycles. The van der Waals surface area contributed by atoms with Gasteiger partial charge in [0, 0.05) is 11.4 Å². The third-order valence-electron chi connectivity index (χ3n) is 2.96. The average molecular weight is 270 g/mol. The zero-order chi connectivity index (χ0) is 13.1. The Balaban J connectivity index is 1.99. The fraction of sp³-hybridized carbons (Fsp3) is 0.133. The molecule has 1 aliphatic rings. The van der Waals surface area contributed by atoms with Gasteiger partial charge in [-0.05, 0) is 24.3 Å². The van der Waals surface area contributed by atoms with Crippen LogP contribution in [0.3, 0.4) is 0 Å². The van der Waals surface area contributed by atoms with Crippen LogP contribution >= 0.6 is 11.8 Å². The summed E-state index contributed by atoms with van der Waals surface area (Å²) in [5, 5.41) is 3.00. The number of hydrogen-bond donors (Lipinski definition) is 1. The molecule has 1 amide bonds. The first kappa shape index (κ1) is 12.1. The van der Waals surface area contributed by atoms with E-state index in [9.17, 15) is 4.79 Å². The number of benzene rings is 2. The van der Waals surface area contributed by atoms with Crippen molar-refractivity contribution < 1.29 is 4.79 Å². The zero-order valence-electron chi connectivity index (χ0n) is 10.3. The molecule has 1 aliphatic heterocycles. The highest BCUT2D eigenvalue weighted by Crippen LogP contribution is 2.32. The molecule has 1 N–H and O–H groups in total. The fourth-order valence-corrected chi connectivity index (χ4v) is 3.11. The van der Waals surface area contributed by atoms with E-state index in [4.69, 9.17) is 0 Å². The lowest BCUT2D eigenvalue weighted by Crippen LogP contribution is -2.38. The number of nitrogens with zero attached hydrogens (tertiary/aromatic N) is 1. The van der Waals surface area contributed by atoms with Crippen LogP contribution in [0, 0.1) is 0 Å². The molecule has 1 fully saturated rings. The molecule has 3 nitrogen and oxygen atoms in total. The number of nitrogens with one attached hydrogen (secondary N) is 1. The van der Waals surface area contributed by atoms with E-state index in [2.05, 4.69) is 34.5 Å². The van der Waals surface area contributed by atoms with Crippen LogP contribution in [0.4, 0.5) is 11.4 Å². The summed E-state index contributed by atoms with van der Waals surface area (Å²) in [7, 11) is 0. The minimum Gasteiger partial charge on any atom is -0.326 e. The van der Waals surface area contributed by atoms with Crippen LogP contribution in [0.5, 0.6) is 0 Å². The van der Waals surface area contributed by atoms with Crippen LogP contribution in [0.2, 0.25) is 0 Å². The second-order valence-electron chi connectivity index (χ2n) is 4.27. The normalized spacial score (nSPS) is 18.1. The summed E-state index contributed by atoms with van der Waals surface area (Å²) in [6, 6.07) is 20.2. The Hall–Kier alpha value is -1.94. The van der Waals surface area contributed by atoms with Crippen LogP contribution in [-0.2, 0) is 4.79 Å². The highest BCUT2D eigenvalue weighted by Gasteiger charge is 2.28. The Morgan fingerprint density at radius 3 is 1.89 bits per heavy atom. The highest BCUT2D eigenvalue weighted by molar-refractivity contribution is 8.01. The Morgan fingerprint density at radius 2 is 1.47 bits per heavy atom. The predicted molar refractivity (Wildman–Crippen MR) is 79.4 cm³/mol. The first-order chi connectivity index (χ1) is 9.34. The van der Waals surface area contributed by atoms with Crippen molar-refractivity contribution in [2.75, 3.05) is 10.7 Å². The number of carbonyl (C=O) groups is 1. The number of hydrogen-bond acceptors (Lipinski definition) is 3. The lowest BCUT2D eigenvalue weighted by Gasteiger charge is -2.30. The van der Waals surface area contributed by atoms with Crippen molar-refractivity contribution in [3.8, 4) is 0 Å². The summed E-state index contributed by atoms with van der Waals surface area (Å²) in [6.45, 7) is 0. The molecule has 0 saturated carbocycles. The van der Waals surface area contributed by atoms with E-state index in [0.717, 1.165) is 11.4 Å². The average Bonchev–Trinajstić information content (AvgIpc) is 2.88. The molecule has 2 aromatic carbocycles. The number of para-hydroxylation sites is 2. The molecule has 1 saturated heterocycles. The van der Waals surface area contributed by atoms with Crippen molar-refractivity contribution in [1.29, 1.82) is 0 Å². The molecule has 0 radical (unpaired) electrons. The first-order valence-electron chi connectivity index (χ1n) is 6.15. The molecule has 1 unspecified atom stereocenters. The van der Waals surface area contributed by atoms with Crippen molar-refractivity contribution in [3.63, 3.8) is 0 Å². The number of amides is 1. The minimum absolute atomic E-state index is 0.0442. The van der Waals surface area contributed by atoms with E-state index in [1.54, 1.807) is 11.8 Å². The van der Waals surface area contributed by atoms with Crippen molar-refractivity contribution >= 4 is 29.0 Å². The third-order valence-corrected chi connectivity index (χ3v) is 4.03. The van der Waals surface area contributed by atoms with Gasteiger partial charge in [-0.15, -0.1) is 11.8 Å². The van der Waals surface area contributed by atoms with Crippen molar-refractivity contribution in [2.45, 2.75) is 5.50 Å². The van der Waals surface area contributed by atoms with Gasteiger partial charge in [0.05, 0.1) is 5.75 Å². The maximum absolute atomic E-state index is 11.5. The summed E-state index contributed by atoms with van der Waals surface area (Å²) in [4.78, 5) is 13.6. The smallest absolute Gasteiger partial charge is 0.232 e. The van der Waals surface area contributed by atoms with E-state index in [1.807, 2.05) is 36.4 Å². The number of thioether (sulfide) groups is 1. The molecule has 96 valence electrons. The van der Waals surface area contributed by atoms with Crippen LogP contribution in [0.25, 0.3) is 0 Å². The van der Waals surface area contributed by atoms with Gasteiger partial charge in [0.15, 0.2) is 5.50 Å². The predicted octanol–water partition coefficient (Wildman–Crippen LogP) is 2.97. The van der Waals surface area contributed by atoms with Gasteiger partial charge in [-0.3, -0.25) is 4.79 Å². The third kappa shape index (κ3) is 2.58.